The van der Waals surface area contributed by atoms with E-state index in [2.05, 4.69) is 42.5 Å². The number of aromatic nitrogens is 1. The molecule has 0 saturated heterocycles. The predicted octanol–water partition coefficient (Wildman–Crippen LogP) is 5.14. The van der Waals surface area contributed by atoms with E-state index in [0.717, 1.165) is 27.5 Å². The van der Waals surface area contributed by atoms with Crippen LogP contribution in [0.4, 0.5) is 0 Å². The number of nitrogens with zero attached hydrogens (tertiary/aromatic N) is 1. The van der Waals surface area contributed by atoms with Gasteiger partial charge in [0.05, 0.1) is 11.2 Å². The number of pyridine rings is 1. The van der Waals surface area contributed by atoms with Crippen molar-refractivity contribution in [1.82, 2.24) is 4.98 Å². The molecule has 2 heterocycles. The molecule has 0 radical (unpaired) electrons. The highest BCUT2D eigenvalue weighted by molar-refractivity contribution is 6.17. The Morgan fingerprint density at radius 3 is 2.48 bits per heavy atom. The van der Waals surface area contributed by atoms with Crippen LogP contribution >= 0.6 is 0 Å². The van der Waals surface area contributed by atoms with E-state index < -0.39 is 0 Å². The van der Waals surface area contributed by atoms with Crippen molar-refractivity contribution >= 4 is 32.6 Å². The standard InChI is InChI=1S/C22H11NO2/c24-20-10-7-13-16-11-17-14-5-1-3-12-4-2-6-15(21(12)14)22(17)23-18(16)8-9-19(13)25-20/h1-11H. The van der Waals surface area contributed by atoms with Crippen LogP contribution in [0.1, 0.15) is 0 Å². The lowest BCUT2D eigenvalue weighted by molar-refractivity contribution is 0.561. The monoisotopic (exact) mass is 321 g/mol. The van der Waals surface area contributed by atoms with Crippen LogP contribution in [0.25, 0.3) is 55.0 Å². The third-order valence-corrected chi connectivity index (χ3v) is 5.05. The zero-order chi connectivity index (χ0) is 16.5. The highest BCUT2D eigenvalue weighted by atomic mass is 16.4. The average Bonchev–Trinajstić information content (AvgIpc) is 2.95. The lowest BCUT2D eigenvalue weighted by Crippen LogP contribution is -1.95. The van der Waals surface area contributed by atoms with E-state index in [9.17, 15) is 4.79 Å². The SMILES string of the molecule is O=c1ccc2c(ccc3nc4c(cc32)-c2cccc3cccc-4c23)o1. The first-order valence-corrected chi connectivity index (χ1v) is 8.20. The maximum Gasteiger partial charge on any atom is 0.336 e. The van der Waals surface area contributed by atoms with Crippen LogP contribution in [-0.2, 0) is 0 Å². The second-order valence-corrected chi connectivity index (χ2v) is 6.39. The Hall–Kier alpha value is -3.46. The first-order valence-electron chi connectivity index (χ1n) is 8.20. The van der Waals surface area contributed by atoms with E-state index in [-0.39, 0.29) is 5.63 Å². The minimum absolute atomic E-state index is 0.335. The molecule has 116 valence electrons. The fourth-order valence-electron chi connectivity index (χ4n) is 3.98. The summed E-state index contributed by atoms with van der Waals surface area (Å²) in [6.45, 7) is 0. The highest BCUT2D eigenvalue weighted by Gasteiger charge is 2.23. The molecule has 0 spiro atoms. The van der Waals surface area contributed by atoms with Crippen LogP contribution in [0.3, 0.4) is 0 Å². The molecule has 2 aromatic heterocycles. The van der Waals surface area contributed by atoms with Gasteiger partial charge in [-0.15, -0.1) is 0 Å². The summed E-state index contributed by atoms with van der Waals surface area (Å²) in [5.41, 5.74) is 5.73. The average molecular weight is 321 g/mol. The summed E-state index contributed by atoms with van der Waals surface area (Å²) in [5.74, 6) is 0. The molecule has 25 heavy (non-hydrogen) atoms. The molecule has 0 fully saturated rings. The van der Waals surface area contributed by atoms with Crippen molar-refractivity contribution in [3.8, 4) is 22.4 Å². The molecule has 5 aromatic rings. The minimum atomic E-state index is -0.335. The Kier molecular flexibility index (Phi) is 2.24. The zero-order valence-corrected chi connectivity index (χ0v) is 13.1. The zero-order valence-electron chi connectivity index (χ0n) is 13.1. The van der Waals surface area contributed by atoms with Gasteiger partial charge in [-0.05, 0) is 40.6 Å². The molecule has 0 unspecified atom stereocenters. The summed E-state index contributed by atoms with van der Waals surface area (Å²) in [6.07, 6.45) is 0. The van der Waals surface area contributed by atoms with Gasteiger partial charge in [-0.3, -0.25) is 0 Å². The summed E-state index contributed by atoms with van der Waals surface area (Å²) >= 11 is 0. The molecule has 0 saturated carbocycles. The molecule has 1 aliphatic rings. The Morgan fingerprint density at radius 1 is 0.760 bits per heavy atom. The Morgan fingerprint density at radius 2 is 1.60 bits per heavy atom. The van der Waals surface area contributed by atoms with E-state index in [1.54, 1.807) is 0 Å². The van der Waals surface area contributed by atoms with Crippen molar-refractivity contribution in [2.24, 2.45) is 0 Å². The second kappa shape index (κ2) is 4.33. The quantitative estimate of drug-likeness (QED) is 0.287. The predicted molar refractivity (Wildman–Crippen MR) is 99.7 cm³/mol. The van der Waals surface area contributed by atoms with Crippen LogP contribution < -0.4 is 5.63 Å². The number of fused-ring (bicyclic) bond motifs is 6. The van der Waals surface area contributed by atoms with Gasteiger partial charge in [0.1, 0.15) is 5.58 Å². The van der Waals surface area contributed by atoms with Crippen molar-refractivity contribution in [2.75, 3.05) is 0 Å². The third kappa shape index (κ3) is 1.59. The maximum atomic E-state index is 11.5. The number of hydrogen-bond acceptors (Lipinski definition) is 3. The van der Waals surface area contributed by atoms with Gasteiger partial charge < -0.3 is 4.42 Å². The molecular weight excluding hydrogens is 310 g/mol. The van der Waals surface area contributed by atoms with Gasteiger partial charge in [0, 0.05) is 28.0 Å². The van der Waals surface area contributed by atoms with Gasteiger partial charge in [-0.1, -0.05) is 36.4 Å². The van der Waals surface area contributed by atoms with E-state index in [1.165, 1.54) is 28.0 Å². The molecule has 0 bridgehead atoms. The smallest absolute Gasteiger partial charge is 0.336 e. The van der Waals surface area contributed by atoms with Crippen LogP contribution in [0.15, 0.2) is 75.9 Å². The largest absolute Gasteiger partial charge is 0.423 e. The van der Waals surface area contributed by atoms with Gasteiger partial charge in [-0.25, -0.2) is 9.78 Å². The highest BCUT2D eigenvalue weighted by Crippen LogP contribution is 2.47. The van der Waals surface area contributed by atoms with Gasteiger partial charge in [0.25, 0.3) is 0 Å². The molecular formula is C22H11NO2. The van der Waals surface area contributed by atoms with Gasteiger partial charge in [-0.2, -0.15) is 0 Å². The minimum Gasteiger partial charge on any atom is -0.423 e. The van der Waals surface area contributed by atoms with Gasteiger partial charge >= 0.3 is 5.63 Å². The molecule has 3 nitrogen and oxygen atoms in total. The molecule has 1 aliphatic carbocycles. The number of hydrogen-bond donors (Lipinski definition) is 0. The van der Waals surface area contributed by atoms with Gasteiger partial charge in [0.15, 0.2) is 0 Å². The van der Waals surface area contributed by atoms with Crippen LogP contribution in [0.5, 0.6) is 0 Å². The van der Waals surface area contributed by atoms with Crippen molar-refractivity contribution in [3.63, 3.8) is 0 Å². The van der Waals surface area contributed by atoms with Crippen molar-refractivity contribution in [2.45, 2.75) is 0 Å². The van der Waals surface area contributed by atoms with Gasteiger partial charge in [0.2, 0.25) is 0 Å². The van der Waals surface area contributed by atoms with Crippen molar-refractivity contribution < 1.29 is 4.42 Å². The first kappa shape index (κ1) is 12.9. The lowest BCUT2D eigenvalue weighted by atomic mass is 10.0. The van der Waals surface area contributed by atoms with E-state index >= 15 is 0 Å². The molecule has 0 N–H and O–H groups in total. The number of rotatable bonds is 0. The third-order valence-electron chi connectivity index (χ3n) is 5.05. The molecule has 0 atom stereocenters. The van der Waals surface area contributed by atoms with Crippen molar-refractivity contribution in [1.29, 1.82) is 0 Å². The molecule has 6 rings (SSSR count). The summed E-state index contributed by atoms with van der Waals surface area (Å²) < 4.78 is 5.33. The summed E-state index contributed by atoms with van der Waals surface area (Å²) in [5, 5.41) is 4.41. The molecule has 3 aromatic carbocycles. The summed E-state index contributed by atoms with van der Waals surface area (Å²) in [6, 6.07) is 21.9. The second-order valence-electron chi connectivity index (χ2n) is 6.39. The van der Waals surface area contributed by atoms with E-state index in [1.807, 2.05) is 18.2 Å². The van der Waals surface area contributed by atoms with Crippen LogP contribution in [-0.4, -0.2) is 4.98 Å². The molecule has 3 heteroatoms. The van der Waals surface area contributed by atoms with Crippen molar-refractivity contribution in [3.05, 3.63) is 77.2 Å². The topological polar surface area (TPSA) is 43.1 Å². The number of benzene rings is 3. The van der Waals surface area contributed by atoms with Crippen LogP contribution in [0, 0.1) is 0 Å². The molecule has 0 aliphatic heterocycles. The fourth-order valence-corrected chi connectivity index (χ4v) is 3.98. The fraction of sp³-hybridized carbons (Fsp3) is 0. The molecule has 0 amide bonds. The first-order chi connectivity index (χ1) is 12.3. The normalized spacial score (nSPS) is 12.2. The Balaban J connectivity index is 1.81. The lowest BCUT2D eigenvalue weighted by Gasteiger charge is -2.07. The summed E-state index contributed by atoms with van der Waals surface area (Å²) in [4.78, 5) is 16.4. The van der Waals surface area contributed by atoms with Crippen LogP contribution in [0.2, 0.25) is 0 Å². The van der Waals surface area contributed by atoms with E-state index in [4.69, 9.17) is 9.40 Å². The van der Waals surface area contributed by atoms with E-state index in [0.29, 0.717) is 5.58 Å². The Labute approximate surface area is 142 Å². The summed E-state index contributed by atoms with van der Waals surface area (Å²) in [7, 11) is 0. The Bertz CT molecular complexity index is 1410. The maximum absolute atomic E-state index is 11.5.